The Morgan fingerprint density at radius 3 is 1.44 bits per heavy atom. The lowest BCUT2D eigenvalue weighted by Crippen LogP contribution is -2.61. The quantitative estimate of drug-likeness (QED) is 0.0160. The molecular weight excluding hydrogens is 1050 g/mol. The lowest BCUT2D eigenvalue weighted by atomic mass is 9.87. The number of carbonyl (C=O) groups excluding carboxylic acids is 3. The van der Waals surface area contributed by atoms with Gasteiger partial charge in [0, 0.05) is 59.7 Å². The third-order valence-corrected chi connectivity index (χ3v) is 11.9. The van der Waals surface area contributed by atoms with Gasteiger partial charge in [-0.3, -0.25) is 9.69 Å². The zero-order valence-corrected chi connectivity index (χ0v) is 45.8. The molecule has 2 aliphatic heterocycles. The average Bonchev–Trinajstić information content (AvgIpc) is 3.41. The highest BCUT2D eigenvalue weighted by molar-refractivity contribution is 5.86. The fourth-order valence-electron chi connectivity index (χ4n) is 7.78. The molecule has 0 saturated heterocycles. The van der Waals surface area contributed by atoms with E-state index < -0.39 is 121 Å². The van der Waals surface area contributed by atoms with Gasteiger partial charge in [0.15, 0.2) is 30.2 Å². The molecule has 0 aliphatic carbocycles. The SMILES string of the molecule is CCCOCCOCCOCCOCCN(CCCCN(C)C(=O)OC([C@H](O)CO)[C@@H]1OC(C(=O)O)=C[C@H](N=C(N)N)[C@H]1NC(C)=O)CCOCCOCCN(C)C(=O)O[C@@H]([C@@H]1OC(C(=O)O)=C[C@H](N=C(N)N)[C@H]1C)[C@H](O)CO. The highest BCUT2D eigenvalue weighted by Gasteiger charge is 2.47. The highest BCUT2D eigenvalue weighted by atomic mass is 16.6. The number of amides is 3. The van der Waals surface area contributed by atoms with Crippen LogP contribution in [0.4, 0.5) is 9.59 Å². The van der Waals surface area contributed by atoms with E-state index in [1.165, 1.54) is 32.0 Å². The minimum Gasteiger partial charge on any atom is -0.479 e. The van der Waals surface area contributed by atoms with Crippen LogP contribution in [0.5, 0.6) is 0 Å². The number of carboxylic acid groups (broad SMARTS) is 2. The number of nitrogens with two attached hydrogens (primary N) is 4. The van der Waals surface area contributed by atoms with Crippen molar-refractivity contribution in [1.82, 2.24) is 20.0 Å². The number of nitrogens with one attached hydrogen (secondary N) is 1. The number of guanidine groups is 2. The van der Waals surface area contributed by atoms with E-state index in [1.54, 1.807) is 6.92 Å². The van der Waals surface area contributed by atoms with E-state index in [-0.39, 0.29) is 38.9 Å². The Labute approximate surface area is 459 Å². The van der Waals surface area contributed by atoms with Gasteiger partial charge in [-0.05, 0) is 38.0 Å². The van der Waals surface area contributed by atoms with Crippen LogP contribution in [0.25, 0.3) is 0 Å². The van der Waals surface area contributed by atoms with Gasteiger partial charge in [-0.25, -0.2) is 29.2 Å². The molecule has 1 unspecified atom stereocenters. The molecule has 31 heteroatoms. The molecule has 15 N–H and O–H groups in total. The zero-order chi connectivity index (χ0) is 58.9. The second-order valence-corrected chi connectivity index (χ2v) is 18.3. The molecule has 0 aromatic heterocycles. The van der Waals surface area contributed by atoms with Gasteiger partial charge in [0.1, 0.15) is 18.3 Å². The first kappa shape index (κ1) is 69.2. The molecule has 0 bridgehead atoms. The van der Waals surface area contributed by atoms with Gasteiger partial charge in [0.2, 0.25) is 17.4 Å². The molecule has 10 atom stereocenters. The molecular formula is C48H86N10O21. The molecule has 0 aromatic rings. The maximum absolute atomic E-state index is 13.5. The number of unbranched alkanes of at least 4 members (excludes halogenated alkanes) is 1. The van der Waals surface area contributed by atoms with Crippen molar-refractivity contribution in [3.63, 3.8) is 0 Å². The summed E-state index contributed by atoms with van der Waals surface area (Å²) in [5, 5.41) is 63.1. The van der Waals surface area contributed by atoms with Crippen molar-refractivity contribution in [2.24, 2.45) is 38.8 Å². The number of likely N-dealkylation sites (N-methyl/N-ethyl adjacent to an activating group) is 1. The molecule has 454 valence electrons. The molecule has 2 heterocycles. The molecule has 79 heavy (non-hydrogen) atoms. The summed E-state index contributed by atoms with van der Waals surface area (Å²) in [6, 6.07) is -3.36. The smallest absolute Gasteiger partial charge is 0.410 e. The van der Waals surface area contributed by atoms with Crippen molar-refractivity contribution >= 4 is 42.0 Å². The van der Waals surface area contributed by atoms with E-state index in [1.807, 2.05) is 6.92 Å². The van der Waals surface area contributed by atoms with E-state index in [0.717, 1.165) is 17.4 Å². The van der Waals surface area contributed by atoms with Crippen molar-refractivity contribution < 1.29 is 102 Å². The van der Waals surface area contributed by atoms with Crippen LogP contribution in [-0.2, 0) is 61.8 Å². The van der Waals surface area contributed by atoms with Crippen molar-refractivity contribution in [3.8, 4) is 0 Å². The molecule has 0 radical (unpaired) electrons. The molecule has 0 aromatic carbocycles. The van der Waals surface area contributed by atoms with E-state index >= 15 is 0 Å². The van der Waals surface area contributed by atoms with Crippen molar-refractivity contribution in [2.75, 3.05) is 139 Å². The minimum atomic E-state index is -1.79. The Bertz CT molecular complexity index is 1950. The van der Waals surface area contributed by atoms with Gasteiger partial charge in [-0.2, -0.15) is 0 Å². The number of aliphatic carboxylic acids is 2. The first-order chi connectivity index (χ1) is 37.6. The largest absolute Gasteiger partial charge is 0.479 e. The molecule has 31 nitrogen and oxygen atoms in total. The van der Waals surface area contributed by atoms with Gasteiger partial charge >= 0.3 is 24.1 Å². The number of carboxylic acids is 2. The normalized spacial score (nSPS) is 20.4. The fourth-order valence-corrected chi connectivity index (χ4v) is 7.78. The number of aliphatic hydroxyl groups excluding tert-OH is 4. The van der Waals surface area contributed by atoms with Crippen LogP contribution in [0.2, 0.25) is 0 Å². The molecule has 0 spiro atoms. The van der Waals surface area contributed by atoms with Crippen LogP contribution in [0.15, 0.2) is 33.7 Å². The van der Waals surface area contributed by atoms with E-state index in [0.29, 0.717) is 91.9 Å². The first-order valence-electron chi connectivity index (χ1n) is 25.9. The third kappa shape index (κ3) is 26.8. The predicted molar refractivity (Wildman–Crippen MR) is 280 cm³/mol. The van der Waals surface area contributed by atoms with Gasteiger partial charge in [0.25, 0.3) is 0 Å². The van der Waals surface area contributed by atoms with E-state index in [9.17, 15) is 54.6 Å². The number of hydrogen-bond donors (Lipinski definition) is 11. The number of aliphatic hydroxyl groups is 4. The van der Waals surface area contributed by atoms with Crippen LogP contribution in [0.3, 0.4) is 0 Å². The van der Waals surface area contributed by atoms with Crippen LogP contribution in [0, 0.1) is 5.92 Å². The molecule has 0 saturated carbocycles. The number of carbonyl (C=O) groups is 5. The van der Waals surface area contributed by atoms with Gasteiger partial charge in [0.05, 0.1) is 104 Å². The monoisotopic (exact) mass is 1140 g/mol. The van der Waals surface area contributed by atoms with Crippen molar-refractivity contribution in [3.05, 3.63) is 23.7 Å². The fraction of sp³-hybridized carbons (Fsp3) is 0.771. The summed E-state index contributed by atoms with van der Waals surface area (Å²) in [6.45, 7) is 9.10. The second-order valence-electron chi connectivity index (χ2n) is 18.3. The summed E-state index contributed by atoms with van der Waals surface area (Å²) >= 11 is 0. The number of ether oxygens (including phenoxy) is 10. The third-order valence-electron chi connectivity index (χ3n) is 11.9. The summed E-state index contributed by atoms with van der Waals surface area (Å²) in [5.41, 5.74) is 22.2. The minimum absolute atomic E-state index is 0.0400. The Kier molecular flexibility index (Phi) is 33.9. The van der Waals surface area contributed by atoms with E-state index in [2.05, 4.69) is 20.2 Å². The first-order valence-corrected chi connectivity index (χ1v) is 25.9. The summed E-state index contributed by atoms with van der Waals surface area (Å²) < 4.78 is 56.2. The summed E-state index contributed by atoms with van der Waals surface area (Å²) in [7, 11) is 2.86. The Morgan fingerprint density at radius 1 is 0.608 bits per heavy atom. The molecule has 2 rings (SSSR count). The molecule has 2 aliphatic rings. The van der Waals surface area contributed by atoms with Crippen LogP contribution in [0.1, 0.15) is 40.0 Å². The topological polar surface area (TPSA) is 450 Å². The summed E-state index contributed by atoms with van der Waals surface area (Å²) in [4.78, 5) is 75.1. The maximum Gasteiger partial charge on any atom is 0.410 e. The standard InChI is InChI=1S/C48H86N10O21/c1-6-14-70-18-22-74-24-25-75-23-21-73-17-13-58(10-8-7-9-56(4)47(68)79-41(35(63)29-60)42-38(53-31(3)61)33(55-46(51)52)27-37(77-42)44(66)67)12-16-72-20-19-71-15-11-57(5)48(69)78-40(34(62)28-59)39-30(2)32(54-45(49)50)26-36(76-39)43(64)65/h26-27,30,32-35,38-42,59-60,62-63H,6-25,28-29H2,1-5H3,(H,53,61)(H,64,65)(H,66,67)(H4,49,50,54)(H4,51,52,55)/t30-,32+,33+,34-,35-,38-,39-,40-,41?,42-/m1/s1. The Balaban J connectivity index is 1.96. The number of nitrogens with zero attached hydrogens (tertiary/aromatic N) is 5. The number of aliphatic imine (C=N–C) groups is 2. The number of hydrogen-bond acceptors (Lipinski definition) is 22. The van der Waals surface area contributed by atoms with Crippen LogP contribution >= 0.6 is 0 Å². The predicted octanol–water partition coefficient (Wildman–Crippen LogP) is -3.68. The average molecular weight is 1140 g/mol. The van der Waals surface area contributed by atoms with Gasteiger partial charge < -0.3 is 116 Å². The molecule has 3 amide bonds. The van der Waals surface area contributed by atoms with Gasteiger partial charge in [-0.1, -0.05) is 13.8 Å². The summed E-state index contributed by atoms with van der Waals surface area (Å²) in [5.74, 6) is -6.24. The Hall–Kier alpha value is -5.87. The van der Waals surface area contributed by atoms with Crippen LogP contribution < -0.4 is 28.3 Å². The van der Waals surface area contributed by atoms with Crippen LogP contribution in [-0.4, -0.2) is 281 Å². The van der Waals surface area contributed by atoms with Gasteiger partial charge in [-0.15, -0.1) is 0 Å². The van der Waals surface area contributed by atoms with Crippen molar-refractivity contribution in [1.29, 1.82) is 0 Å². The Morgan fingerprint density at radius 2 is 1.00 bits per heavy atom. The highest BCUT2D eigenvalue weighted by Crippen LogP contribution is 2.31. The lowest BCUT2D eigenvalue weighted by Gasteiger charge is -2.40. The zero-order valence-electron chi connectivity index (χ0n) is 45.8. The maximum atomic E-state index is 13.5. The van der Waals surface area contributed by atoms with Crippen molar-refractivity contribution in [2.45, 2.75) is 94.8 Å². The molecule has 0 fully saturated rings. The van der Waals surface area contributed by atoms with E-state index in [4.69, 9.17) is 70.3 Å². The summed E-state index contributed by atoms with van der Waals surface area (Å²) in [6.07, 6.45) is -7.12. The number of rotatable bonds is 41. The second kappa shape index (κ2) is 38.7. The lowest BCUT2D eigenvalue weighted by molar-refractivity contribution is -0.148.